The lowest BCUT2D eigenvalue weighted by Gasteiger charge is -2.54. The molecule has 0 atom stereocenters. The fourth-order valence-corrected chi connectivity index (χ4v) is 4.22. The number of rotatable bonds is 2. The Morgan fingerprint density at radius 2 is 1.46 bits per heavy atom. The highest BCUT2D eigenvalue weighted by molar-refractivity contribution is 5.02. The van der Waals surface area contributed by atoms with E-state index < -0.39 is 0 Å². The average molecular weight is 181 g/mol. The lowest BCUT2D eigenvalue weighted by atomic mass is 9.54. The molecular formula is C10H15NO2. The van der Waals surface area contributed by atoms with Crippen LogP contribution < -0.4 is 0 Å². The molecule has 0 unspecified atom stereocenters. The Morgan fingerprint density at radius 3 is 1.85 bits per heavy atom. The maximum atomic E-state index is 10.2. The van der Waals surface area contributed by atoms with Gasteiger partial charge in [0.25, 0.3) is 0 Å². The Kier molecular flexibility index (Phi) is 1.47. The van der Waals surface area contributed by atoms with Crippen LogP contribution in [-0.4, -0.2) is 5.60 Å². The standard InChI is InChI=1S/C10H15NO2/c12-11-13-10-4-7-1-8(5-10)3-9(2-7)6-10/h7-9H,1-6H2. The lowest BCUT2D eigenvalue weighted by Crippen LogP contribution is -2.51. The summed E-state index contributed by atoms with van der Waals surface area (Å²) in [5.74, 6) is 2.48. The molecule has 0 aromatic carbocycles. The van der Waals surface area contributed by atoms with Crippen molar-refractivity contribution < 1.29 is 4.84 Å². The number of hydrogen-bond acceptors (Lipinski definition) is 3. The summed E-state index contributed by atoms with van der Waals surface area (Å²) in [5.41, 5.74) is -0.128. The molecule has 72 valence electrons. The first-order valence-electron chi connectivity index (χ1n) is 5.30. The fraction of sp³-hybridized carbons (Fsp3) is 1.00. The van der Waals surface area contributed by atoms with Crippen molar-refractivity contribution in [1.29, 1.82) is 0 Å². The van der Waals surface area contributed by atoms with Gasteiger partial charge in [-0.1, -0.05) is 0 Å². The second-order valence-corrected chi connectivity index (χ2v) is 5.27. The molecule has 4 aliphatic carbocycles. The van der Waals surface area contributed by atoms with Crippen molar-refractivity contribution in [3.05, 3.63) is 4.91 Å². The van der Waals surface area contributed by atoms with Crippen LogP contribution in [0.3, 0.4) is 0 Å². The van der Waals surface area contributed by atoms with Crippen LogP contribution in [0.4, 0.5) is 0 Å². The van der Waals surface area contributed by atoms with Crippen molar-refractivity contribution in [2.45, 2.75) is 44.1 Å². The molecule has 0 heterocycles. The van der Waals surface area contributed by atoms with Crippen LogP contribution in [0.1, 0.15) is 38.5 Å². The minimum absolute atomic E-state index is 0.128. The summed E-state index contributed by atoms with van der Waals surface area (Å²) in [7, 11) is 0. The van der Waals surface area contributed by atoms with Crippen molar-refractivity contribution >= 4 is 0 Å². The zero-order valence-electron chi connectivity index (χ0n) is 7.74. The van der Waals surface area contributed by atoms with E-state index in [2.05, 4.69) is 5.34 Å². The highest BCUT2D eigenvalue weighted by Crippen LogP contribution is 2.57. The molecule has 0 spiro atoms. The minimum atomic E-state index is -0.128. The molecule has 0 aromatic rings. The first kappa shape index (κ1) is 7.77. The SMILES string of the molecule is O=NOC12CC3CC(CC(C3)C1)C2. The van der Waals surface area contributed by atoms with Crippen molar-refractivity contribution in [3.63, 3.8) is 0 Å². The third-order valence-corrected chi connectivity index (χ3v) is 4.21. The molecule has 0 radical (unpaired) electrons. The predicted octanol–water partition coefficient (Wildman–Crippen LogP) is 2.65. The van der Waals surface area contributed by atoms with Gasteiger partial charge in [0.05, 0.1) is 0 Å². The maximum Gasteiger partial charge on any atom is 0.155 e. The van der Waals surface area contributed by atoms with E-state index in [1.807, 2.05) is 0 Å². The van der Waals surface area contributed by atoms with Gasteiger partial charge in [-0.2, -0.15) is 0 Å². The normalized spacial score (nSPS) is 52.2. The molecule has 4 fully saturated rings. The summed E-state index contributed by atoms with van der Waals surface area (Å²) in [6.45, 7) is 0. The Morgan fingerprint density at radius 1 is 1.00 bits per heavy atom. The average Bonchev–Trinajstić information content (AvgIpc) is 2.00. The van der Waals surface area contributed by atoms with Crippen LogP contribution >= 0.6 is 0 Å². The van der Waals surface area contributed by atoms with Crippen molar-refractivity contribution in [2.75, 3.05) is 0 Å². The number of hydrogen-bond donors (Lipinski definition) is 0. The predicted molar refractivity (Wildman–Crippen MR) is 47.8 cm³/mol. The van der Waals surface area contributed by atoms with Gasteiger partial charge in [-0.3, -0.25) is 0 Å². The quantitative estimate of drug-likeness (QED) is 0.485. The Labute approximate surface area is 77.8 Å². The van der Waals surface area contributed by atoms with Crippen molar-refractivity contribution in [2.24, 2.45) is 23.1 Å². The molecule has 4 rings (SSSR count). The smallest absolute Gasteiger partial charge is 0.155 e. The summed E-state index contributed by atoms with van der Waals surface area (Å²) >= 11 is 0. The Hall–Kier alpha value is -0.600. The van der Waals surface area contributed by atoms with Crippen molar-refractivity contribution in [3.8, 4) is 0 Å². The molecular weight excluding hydrogens is 166 g/mol. The molecule has 0 aliphatic heterocycles. The second kappa shape index (κ2) is 2.46. The van der Waals surface area contributed by atoms with Crippen molar-refractivity contribution in [1.82, 2.24) is 0 Å². The van der Waals surface area contributed by atoms with Crippen LogP contribution in [0.15, 0.2) is 5.34 Å². The van der Waals surface area contributed by atoms with Gasteiger partial charge in [0.15, 0.2) is 5.34 Å². The van der Waals surface area contributed by atoms with E-state index in [0.717, 1.165) is 37.0 Å². The molecule has 4 saturated carbocycles. The molecule has 0 saturated heterocycles. The van der Waals surface area contributed by atoms with E-state index in [0.29, 0.717) is 0 Å². The fourth-order valence-electron chi connectivity index (χ4n) is 4.22. The summed E-state index contributed by atoms with van der Waals surface area (Å²) in [4.78, 5) is 15.3. The van der Waals surface area contributed by atoms with Gasteiger partial charge in [0.2, 0.25) is 0 Å². The van der Waals surface area contributed by atoms with E-state index >= 15 is 0 Å². The highest BCUT2D eigenvalue weighted by atomic mass is 16.7. The third kappa shape index (κ3) is 1.09. The monoisotopic (exact) mass is 181 g/mol. The zero-order chi connectivity index (χ0) is 8.89. The molecule has 13 heavy (non-hydrogen) atoms. The van der Waals surface area contributed by atoms with E-state index in [1.165, 1.54) is 19.3 Å². The molecule has 0 aromatic heterocycles. The highest BCUT2D eigenvalue weighted by Gasteiger charge is 2.53. The molecule has 3 nitrogen and oxygen atoms in total. The summed E-state index contributed by atoms with van der Waals surface area (Å²) in [5, 5.41) is 2.68. The summed E-state index contributed by atoms with van der Waals surface area (Å²) < 4.78 is 0. The number of nitrogens with zero attached hydrogens (tertiary/aromatic N) is 1. The Bertz CT molecular complexity index is 204. The Balaban J connectivity index is 1.87. The van der Waals surface area contributed by atoms with Gasteiger partial charge < -0.3 is 4.84 Å². The van der Waals surface area contributed by atoms with Crippen LogP contribution in [0.25, 0.3) is 0 Å². The zero-order valence-corrected chi connectivity index (χ0v) is 7.74. The summed E-state index contributed by atoms with van der Waals surface area (Å²) in [6.07, 6.45) is 7.39. The van der Waals surface area contributed by atoms with Gasteiger partial charge >= 0.3 is 0 Å². The third-order valence-electron chi connectivity index (χ3n) is 4.21. The topological polar surface area (TPSA) is 38.7 Å². The lowest BCUT2D eigenvalue weighted by molar-refractivity contribution is -0.163. The van der Waals surface area contributed by atoms with E-state index in [9.17, 15) is 4.91 Å². The van der Waals surface area contributed by atoms with E-state index in [4.69, 9.17) is 4.84 Å². The molecule has 4 aliphatic rings. The van der Waals surface area contributed by atoms with E-state index in [-0.39, 0.29) is 5.60 Å². The summed E-state index contributed by atoms with van der Waals surface area (Å²) in [6, 6.07) is 0. The van der Waals surface area contributed by atoms with Crippen LogP contribution in [-0.2, 0) is 4.84 Å². The van der Waals surface area contributed by atoms with E-state index in [1.54, 1.807) is 0 Å². The molecule has 3 heteroatoms. The van der Waals surface area contributed by atoms with Crippen LogP contribution in [0.2, 0.25) is 0 Å². The molecule has 0 amide bonds. The van der Waals surface area contributed by atoms with Gasteiger partial charge in [0.1, 0.15) is 5.60 Å². The van der Waals surface area contributed by atoms with Crippen LogP contribution in [0, 0.1) is 22.7 Å². The first-order chi connectivity index (χ1) is 6.30. The van der Waals surface area contributed by atoms with Crippen LogP contribution in [0.5, 0.6) is 0 Å². The largest absolute Gasteiger partial charge is 0.357 e. The van der Waals surface area contributed by atoms with Gasteiger partial charge in [0, 0.05) is 0 Å². The molecule has 4 bridgehead atoms. The molecule has 0 N–H and O–H groups in total. The van der Waals surface area contributed by atoms with Gasteiger partial charge in [-0.15, -0.1) is 4.91 Å². The second-order valence-electron chi connectivity index (χ2n) is 5.27. The first-order valence-corrected chi connectivity index (χ1v) is 5.30. The van der Waals surface area contributed by atoms with Gasteiger partial charge in [-0.25, -0.2) is 0 Å². The van der Waals surface area contributed by atoms with Gasteiger partial charge in [-0.05, 0) is 56.3 Å². The minimum Gasteiger partial charge on any atom is -0.357 e. The maximum absolute atomic E-state index is 10.2.